The quantitative estimate of drug-likeness (QED) is 0.218. The summed E-state index contributed by atoms with van der Waals surface area (Å²) in [6.07, 6.45) is 3.42. The van der Waals surface area contributed by atoms with Crippen LogP contribution in [0, 0.1) is 5.41 Å². The van der Waals surface area contributed by atoms with Crippen molar-refractivity contribution in [3.8, 4) is 28.1 Å². The van der Waals surface area contributed by atoms with Crippen molar-refractivity contribution in [3.63, 3.8) is 0 Å². The van der Waals surface area contributed by atoms with Crippen LogP contribution in [0.2, 0.25) is 0 Å². The smallest absolute Gasteiger partial charge is 0.310 e. The van der Waals surface area contributed by atoms with Crippen molar-refractivity contribution in [1.82, 2.24) is 20.3 Å². The number of aromatic hydroxyl groups is 1. The standard InChI is InChI=1S/C32H28N4O5/c1-32(2,31(40)41)18-34-30(39)27-28(37)24-22(16-19-10-5-3-6-11-19)23(20-12-7-4-8-13-20)29(38)36-26(24)25(35-27)21-14-9-15-33-17-21/h3-15,17,37H,16,18H2,1-2H3,(H,34,39)(H,36,38)(H,40,41). The lowest BCUT2D eigenvalue weighted by Crippen LogP contribution is -2.39. The molecular weight excluding hydrogens is 520 g/mol. The number of nitrogens with zero attached hydrogens (tertiary/aromatic N) is 2. The van der Waals surface area contributed by atoms with E-state index in [1.807, 2.05) is 60.7 Å². The van der Waals surface area contributed by atoms with Crippen LogP contribution in [0.15, 0.2) is 90.0 Å². The summed E-state index contributed by atoms with van der Waals surface area (Å²) in [6.45, 7) is 2.78. The van der Waals surface area contributed by atoms with Crippen molar-refractivity contribution in [2.24, 2.45) is 5.41 Å². The number of benzene rings is 2. The maximum Gasteiger partial charge on any atom is 0.310 e. The number of amides is 1. The molecule has 0 aliphatic rings. The molecule has 9 nitrogen and oxygen atoms in total. The minimum absolute atomic E-state index is 0.194. The van der Waals surface area contributed by atoms with Crippen LogP contribution >= 0.6 is 0 Å². The van der Waals surface area contributed by atoms with Crippen LogP contribution in [0.5, 0.6) is 5.75 Å². The lowest BCUT2D eigenvalue weighted by atomic mass is 9.91. The summed E-state index contributed by atoms with van der Waals surface area (Å²) in [5.74, 6) is -2.25. The van der Waals surface area contributed by atoms with E-state index in [9.17, 15) is 24.6 Å². The van der Waals surface area contributed by atoms with Gasteiger partial charge < -0.3 is 20.5 Å². The number of aromatic amines is 1. The second-order valence-corrected chi connectivity index (χ2v) is 10.4. The second kappa shape index (κ2) is 11.1. The SMILES string of the molecule is CC(C)(CNC(=O)c1nc(-c2cccnc2)c2[nH]c(=O)c(-c3ccccc3)c(Cc3ccccc3)c2c1O)C(=O)O. The zero-order valence-electron chi connectivity index (χ0n) is 22.5. The molecule has 5 rings (SSSR count). The number of nitrogens with one attached hydrogen (secondary N) is 2. The number of aromatic nitrogens is 3. The Kier molecular flexibility index (Phi) is 7.35. The normalized spacial score (nSPS) is 11.4. The van der Waals surface area contributed by atoms with Gasteiger partial charge in [-0.25, -0.2) is 4.98 Å². The Morgan fingerprint density at radius 1 is 0.951 bits per heavy atom. The molecule has 0 radical (unpaired) electrons. The minimum atomic E-state index is -1.25. The third-order valence-corrected chi connectivity index (χ3v) is 6.95. The zero-order chi connectivity index (χ0) is 29.1. The number of carbonyl (C=O) groups excluding carboxylic acids is 1. The summed E-state index contributed by atoms with van der Waals surface area (Å²) in [4.78, 5) is 50.3. The van der Waals surface area contributed by atoms with Gasteiger partial charge in [0.1, 0.15) is 0 Å². The molecule has 0 saturated carbocycles. The van der Waals surface area contributed by atoms with Crippen molar-refractivity contribution in [2.45, 2.75) is 20.3 Å². The van der Waals surface area contributed by atoms with E-state index in [2.05, 4.69) is 20.3 Å². The largest absolute Gasteiger partial charge is 0.505 e. The van der Waals surface area contributed by atoms with E-state index in [1.54, 1.807) is 24.5 Å². The van der Waals surface area contributed by atoms with Crippen molar-refractivity contribution < 1.29 is 19.8 Å². The summed E-state index contributed by atoms with van der Waals surface area (Å²) in [5, 5.41) is 24.0. The van der Waals surface area contributed by atoms with Crippen LogP contribution in [0.25, 0.3) is 33.3 Å². The highest BCUT2D eigenvalue weighted by Gasteiger charge is 2.30. The van der Waals surface area contributed by atoms with Crippen molar-refractivity contribution >= 4 is 22.8 Å². The molecule has 0 fully saturated rings. The zero-order valence-corrected chi connectivity index (χ0v) is 22.5. The fraction of sp³-hybridized carbons (Fsp3) is 0.156. The molecule has 2 aromatic carbocycles. The first-order valence-electron chi connectivity index (χ1n) is 13.0. The van der Waals surface area contributed by atoms with Gasteiger partial charge in [-0.15, -0.1) is 0 Å². The molecule has 4 N–H and O–H groups in total. The number of carbonyl (C=O) groups is 2. The highest BCUT2D eigenvalue weighted by Crippen LogP contribution is 2.39. The van der Waals surface area contributed by atoms with E-state index in [1.165, 1.54) is 13.8 Å². The summed E-state index contributed by atoms with van der Waals surface area (Å²) < 4.78 is 0. The topological polar surface area (TPSA) is 145 Å². The van der Waals surface area contributed by atoms with E-state index >= 15 is 0 Å². The Hall–Kier alpha value is -5.31. The van der Waals surface area contributed by atoms with Gasteiger partial charge in [-0.05, 0) is 49.1 Å². The van der Waals surface area contributed by atoms with Crippen molar-refractivity contribution in [2.75, 3.05) is 6.54 Å². The molecule has 0 aliphatic carbocycles. The van der Waals surface area contributed by atoms with E-state index in [-0.39, 0.29) is 40.8 Å². The average Bonchev–Trinajstić information content (AvgIpc) is 2.97. The monoisotopic (exact) mass is 548 g/mol. The second-order valence-electron chi connectivity index (χ2n) is 10.4. The number of H-pyrrole nitrogens is 1. The Balaban J connectivity index is 1.83. The van der Waals surface area contributed by atoms with Gasteiger partial charge in [0, 0.05) is 29.9 Å². The molecule has 0 saturated heterocycles. The number of hydrogen-bond donors (Lipinski definition) is 4. The van der Waals surface area contributed by atoms with Crippen LogP contribution in [0.4, 0.5) is 0 Å². The highest BCUT2D eigenvalue weighted by atomic mass is 16.4. The number of hydrogen-bond acceptors (Lipinski definition) is 6. The van der Waals surface area contributed by atoms with Gasteiger partial charge in [-0.2, -0.15) is 0 Å². The van der Waals surface area contributed by atoms with Crippen LogP contribution in [0.1, 0.15) is 35.5 Å². The highest BCUT2D eigenvalue weighted by molar-refractivity contribution is 6.07. The molecule has 9 heteroatoms. The van der Waals surface area contributed by atoms with E-state index in [0.29, 0.717) is 22.3 Å². The number of carboxylic acids is 1. The van der Waals surface area contributed by atoms with Crippen LogP contribution in [-0.4, -0.2) is 43.6 Å². The van der Waals surface area contributed by atoms with Crippen molar-refractivity contribution in [1.29, 1.82) is 0 Å². The Morgan fingerprint density at radius 2 is 1.61 bits per heavy atom. The van der Waals surface area contributed by atoms with E-state index < -0.39 is 23.0 Å². The summed E-state index contributed by atoms with van der Waals surface area (Å²) in [6, 6.07) is 22.1. The molecule has 0 unspecified atom stereocenters. The van der Waals surface area contributed by atoms with Gasteiger partial charge in [0.2, 0.25) is 0 Å². The molecule has 3 heterocycles. The first-order valence-corrected chi connectivity index (χ1v) is 13.0. The molecule has 1 amide bonds. The number of aliphatic carboxylic acids is 1. The minimum Gasteiger partial charge on any atom is -0.505 e. The van der Waals surface area contributed by atoms with Gasteiger partial charge in [0.05, 0.1) is 22.2 Å². The number of rotatable bonds is 8. The molecule has 0 bridgehead atoms. The van der Waals surface area contributed by atoms with E-state index in [0.717, 1.165) is 5.56 Å². The molecule has 0 spiro atoms. The Labute approximate surface area is 235 Å². The summed E-state index contributed by atoms with van der Waals surface area (Å²) in [5.41, 5.74) is 1.53. The fourth-order valence-electron chi connectivity index (χ4n) is 4.65. The van der Waals surface area contributed by atoms with Crippen LogP contribution in [-0.2, 0) is 11.2 Å². The molecule has 5 aromatic rings. The summed E-state index contributed by atoms with van der Waals surface area (Å²) in [7, 11) is 0. The van der Waals surface area contributed by atoms with Crippen LogP contribution < -0.4 is 10.9 Å². The Bertz CT molecular complexity index is 1800. The fourth-order valence-corrected chi connectivity index (χ4v) is 4.65. The predicted octanol–water partition coefficient (Wildman–Crippen LogP) is 4.79. The maximum absolute atomic E-state index is 13.7. The third-order valence-electron chi connectivity index (χ3n) is 6.95. The average molecular weight is 549 g/mol. The maximum atomic E-state index is 13.7. The molecule has 3 aromatic heterocycles. The molecule has 41 heavy (non-hydrogen) atoms. The molecule has 0 aliphatic heterocycles. The predicted molar refractivity (Wildman–Crippen MR) is 156 cm³/mol. The van der Waals surface area contributed by atoms with Crippen molar-refractivity contribution in [3.05, 3.63) is 112 Å². The number of carboxylic acid groups (broad SMARTS) is 1. The summed E-state index contributed by atoms with van der Waals surface area (Å²) >= 11 is 0. The first kappa shape index (κ1) is 27.3. The van der Waals surface area contributed by atoms with Gasteiger partial charge in [0.25, 0.3) is 11.5 Å². The van der Waals surface area contributed by atoms with Gasteiger partial charge >= 0.3 is 5.97 Å². The van der Waals surface area contributed by atoms with Gasteiger partial charge in [-0.1, -0.05) is 60.7 Å². The molecule has 0 atom stereocenters. The number of pyridine rings is 3. The molecule has 206 valence electrons. The molecular formula is C32H28N4O5. The lowest BCUT2D eigenvalue weighted by Gasteiger charge is -2.21. The van der Waals surface area contributed by atoms with Gasteiger partial charge in [0.15, 0.2) is 11.4 Å². The first-order chi connectivity index (χ1) is 19.7. The van der Waals surface area contributed by atoms with E-state index in [4.69, 9.17) is 0 Å². The number of fused-ring (bicyclic) bond motifs is 1. The van der Waals surface area contributed by atoms with Gasteiger partial charge in [-0.3, -0.25) is 19.4 Å². The van der Waals surface area contributed by atoms with Crippen LogP contribution in [0.3, 0.4) is 0 Å². The Morgan fingerprint density at radius 3 is 2.24 bits per heavy atom. The third kappa shape index (κ3) is 5.42. The lowest BCUT2D eigenvalue weighted by molar-refractivity contribution is -0.146.